The summed E-state index contributed by atoms with van der Waals surface area (Å²) in [6.45, 7) is 7.36. The molecule has 0 aliphatic rings. The van der Waals surface area contributed by atoms with E-state index in [9.17, 15) is 0 Å². The Morgan fingerprint density at radius 1 is 1.38 bits per heavy atom. The number of aromatic amines is 1. The molecule has 3 heteroatoms. The maximum absolute atomic E-state index is 3.75. The molecule has 0 radical (unpaired) electrons. The van der Waals surface area contributed by atoms with Gasteiger partial charge in [0.2, 0.25) is 6.33 Å². The van der Waals surface area contributed by atoms with Crippen molar-refractivity contribution < 1.29 is 28.5 Å². The Kier molecular flexibility index (Phi) is 6.22. The lowest BCUT2D eigenvalue weighted by Crippen LogP contribution is -3.00. The van der Waals surface area contributed by atoms with Gasteiger partial charge in [-0.3, -0.25) is 4.98 Å². The lowest BCUT2D eigenvalue weighted by molar-refractivity contribution is -0.700. The highest BCUT2D eigenvalue weighted by Gasteiger charge is 2.04. The number of allylic oxidation sites excluding steroid dienone is 4. The fraction of sp³-hybridized carbons (Fsp3) is 0.100. The van der Waals surface area contributed by atoms with Gasteiger partial charge >= 0.3 is 0 Å². The molecule has 0 fully saturated rings. The van der Waals surface area contributed by atoms with Gasteiger partial charge in [-0.2, -0.15) is 0 Å². The van der Waals surface area contributed by atoms with E-state index in [0.717, 1.165) is 0 Å². The third kappa shape index (κ3) is 3.59. The van der Waals surface area contributed by atoms with E-state index in [1.54, 1.807) is 6.08 Å². The Bertz CT molecular complexity index is 275. The van der Waals surface area contributed by atoms with E-state index >= 15 is 0 Å². The normalized spacial score (nSPS) is 12.0. The van der Waals surface area contributed by atoms with Crippen molar-refractivity contribution in [2.45, 2.75) is 6.04 Å². The first kappa shape index (κ1) is 12.2. The summed E-state index contributed by atoms with van der Waals surface area (Å²) in [5.41, 5.74) is 0. The summed E-state index contributed by atoms with van der Waals surface area (Å²) in [4.78, 5) is 2.98. The quantitative estimate of drug-likeness (QED) is 0.310. The van der Waals surface area contributed by atoms with Crippen LogP contribution in [0.5, 0.6) is 0 Å². The molecule has 0 saturated heterocycles. The number of aromatic nitrogens is 2. The minimum atomic E-state index is 0. The second kappa shape index (κ2) is 6.65. The Morgan fingerprint density at radius 3 is 2.62 bits per heavy atom. The Morgan fingerprint density at radius 2 is 2.15 bits per heavy atom. The van der Waals surface area contributed by atoms with E-state index < -0.39 is 0 Å². The Hall–Kier alpha value is -0.840. The monoisotopic (exact) mass is 288 g/mol. The topological polar surface area (TPSA) is 19.7 Å². The summed E-state index contributed by atoms with van der Waals surface area (Å²) in [5, 5.41) is 0. The lowest BCUT2D eigenvalue weighted by atomic mass is 10.2. The zero-order valence-electron chi connectivity index (χ0n) is 7.36. The van der Waals surface area contributed by atoms with Gasteiger partial charge in [0.1, 0.15) is 18.4 Å². The highest BCUT2D eigenvalue weighted by atomic mass is 127. The van der Waals surface area contributed by atoms with Crippen LogP contribution in [0.4, 0.5) is 0 Å². The SMILES string of the molecule is C=CC=CC(C=C)[n+]1cc[nH]c1.[I-]. The van der Waals surface area contributed by atoms with Gasteiger partial charge in [0, 0.05) is 0 Å². The van der Waals surface area contributed by atoms with E-state index in [2.05, 4.69) is 18.1 Å². The van der Waals surface area contributed by atoms with Crippen LogP contribution >= 0.6 is 0 Å². The van der Waals surface area contributed by atoms with Crippen molar-refractivity contribution in [2.75, 3.05) is 0 Å². The standard InChI is InChI=1S/C10H12N2.HI/c1-3-5-6-10(4-2)12-8-7-11-9-12;/h3-10H,1-2H2;1H. The van der Waals surface area contributed by atoms with Gasteiger partial charge in [0.05, 0.1) is 0 Å². The third-order valence-electron chi connectivity index (χ3n) is 1.60. The number of nitrogens with one attached hydrogen (secondary N) is 1. The summed E-state index contributed by atoms with van der Waals surface area (Å²) in [6.07, 6.45) is 13.3. The van der Waals surface area contributed by atoms with Crippen molar-refractivity contribution >= 4 is 0 Å². The van der Waals surface area contributed by atoms with Crippen LogP contribution in [-0.2, 0) is 0 Å². The summed E-state index contributed by atoms with van der Waals surface area (Å²) in [5.74, 6) is 0. The maximum Gasteiger partial charge on any atom is 0.242 e. The van der Waals surface area contributed by atoms with E-state index in [1.807, 2.05) is 41.5 Å². The van der Waals surface area contributed by atoms with E-state index in [-0.39, 0.29) is 30.0 Å². The highest BCUT2D eigenvalue weighted by Crippen LogP contribution is 1.98. The van der Waals surface area contributed by atoms with Gasteiger partial charge < -0.3 is 24.0 Å². The lowest BCUT2D eigenvalue weighted by Gasteiger charge is -2.00. The van der Waals surface area contributed by atoms with Crippen molar-refractivity contribution in [1.29, 1.82) is 0 Å². The average Bonchev–Trinajstić information content (AvgIpc) is 2.59. The number of hydrogen-bond donors (Lipinski definition) is 1. The molecule has 0 amide bonds. The molecule has 70 valence electrons. The first-order valence-corrected chi connectivity index (χ1v) is 3.84. The molecular weight excluding hydrogens is 275 g/mol. The molecule has 2 nitrogen and oxygen atoms in total. The fourth-order valence-electron chi connectivity index (χ4n) is 0.979. The van der Waals surface area contributed by atoms with Crippen molar-refractivity contribution in [2.24, 2.45) is 0 Å². The molecule has 1 N–H and O–H groups in total. The minimum absolute atomic E-state index is 0. The van der Waals surface area contributed by atoms with Crippen LogP contribution in [0.1, 0.15) is 6.04 Å². The van der Waals surface area contributed by atoms with E-state index in [1.165, 1.54) is 0 Å². The largest absolute Gasteiger partial charge is 1.00 e. The predicted octanol–water partition coefficient (Wildman–Crippen LogP) is -1.22. The molecule has 0 bridgehead atoms. The molecule has 0 aliphatic carbocycles. The number of halogens is 1. The van der Waals surface area contributed by atoms with Gasteiger partial charge in [-0.1, -0.05) is 25.3 Å². The maximum atomic E-state index is 3.75. The molecule has 0 aromatic carbocycles. The van der Waals surface area contributed by atoms with Crippen LogP contribution in [0.3, 0.4) is 0 Å². The van der Waals surface area contributed by atoms with Gasteiger partial charge in [-0.15, -0.1) is 0 Å². The second-order valence-electron chi connectivity index (χ2n) is 2.41. The average molecular weight is 288 g/mol. The number of H-pyrrole nitrogens is 1. The van der Waals surface area contributed by atoms with Crippen LogP contribution in [0.25, 0.3) is 0 Å². The van der Waals surface area contributed by atoms with Gasteiger partial charge in [0.25, 0.3) is 0 Å². The summed E-state index contributed by atoms with van der Waals surface area (Å²) < 4.78 is 2.02. The van der Waals surface area contributed by atoms with Crippen LogP contribution in [-0.4, -0.2) is 4.98 Å². The molecule has 1 aromatic rings. The predicted molar refractivity (Wildman–Crippen MR) is 49.6 cm³/mol. The Balaban J connectivity index is 0.00000144. The zero-order valence-corrected chi connectivity index (χ0v) is 9.52. The first-order chi connectivity index (χ1) is 5.88. The van der Waals surface area contributed by atoms with Crippen LogP contribution in [0.2, 0.25) is 0 Å². The molecule has 1 atom stereocenters. The van der Waals surface area contributed by atoms with Crippen molar-refractivity contribution in [3.8, 4) is 0 Å². The van der Waals surface area contributed by atoms with Crippen LogP contribution in [0, 0.1) is 0 Å². The summed E-state index contributed by atoms with van der Waals surface area (Å²) >= 11 is 0. The van der Waals surface area contributed by atoms with Crippen LogP contribution in [0.15, 0.2) is 56.2 Å². The molecule has 13 heavy (non-hydrogen) atoms. The first-order valence-electron chi connectivity index (χ1n) is 3.84. The van der Waals surface area contributed by atoms with Gasteiger partial charge in [-0.25, -0.2) is 4.57 Å². The van der Waals surface area contributed by atoms with Gasteiger partial charge in [-0.05, 0) is 12.2 Å². The van der Waals surface area contributed by atoms with Gasteiger partial charge in [0.15, 0.2) is 0 Å². The van der Waals surface area contributed by atoms with E-state index in [4.69, 9.17) is 0 Å². The number of hydrogen-bond acceptors (Lipinski definition) is 0. The molecule has 1 unspecified atom stereocenters. The number of nitrogens with zero attached hydrogens (tertiary/aromatic N) is 1. The third-order valence-corrected chi connectivity index (χ3v) is 1.60. The molecule has 0 aliphatic heterocycles. The number of imidazole rings is 1. The summed E-state index contributed by atoms with van der Waals surface area (Å²) in [6, 6.07) is 0.203. The van der Waals surface area contributed by atoms with Crippen molar-refractivity contribution in [3.05, 3.63) is 56.2 Å². The fourth-order valence-corrected chi connectivity index (χ4v) is 0.979. The van der Waals surface area contributed by atoms with Crippen molar-refractivity contribution in [3.63, 3.8) is 0 Å². The molecule has 0 saturated carbocycles. The van der Waals surface area contributed by atoms with Crippen LogP contribution < -0.4 is 28.5 Å². The molecule has 1 aromatic heterocycles. The summed E-state index contributed by atoms with van der Waals surface area (Å²) in [7, 11) is 0. The van der Waals surface area contributed by atoms with E-state index in [0.29, 0.717) is 0 Å². The highest BCUT2D eigenvalue weighted by molar-refractivity contribution is 5.03. The Labute approximate surface area is 95.7 Å². The number of rotatable bonds is 4. The second-order valence-corrected chi connectivity index (χ2v) is 2.41. The molecule has 0 spiro atoms. The smallest absolute Gasteiger partial charge is 0.242 e. The van der Waals surface area contributed by atoms with Crippen molar-refractivity contribution in [1.82, 2.24) is 4.98 Å². The zero-order chi connectivity index (χ0) is 8.81. The molecule has 1 rings (SSSR count). The molecule has 1 heterocycles. The minimum Gasteiger partial charge on any atom is -1.00 e. The molecular formula is C10H13IN2.